The number of benzene rings is 1. The smallest absolute Gasteiger partial charge is 0.117 e. The Morgan fingerprint density at radius 3 is 2.77 bits per heavy atom. The fraction of sp³-hybridized carbons (Fsp3) is 0.200. The van der Waals surface area contributed by atoms with Crippen molar-refractivity contribution in [1.82, 2.24) is 0 Å². The van der Waals surface area contributed by atoms with Crippen molar-refractivity contribution < 1.29 is 5.11 Å². The molecule has 0 amide bonds. The van der Waals surface area contributed by atoms with Crippen molar-refractivity contribution in [2.24, 2.45) is 0 Å². The fourth-order valence-corrected chi connectivity index (χ4v) is 1.48. The molecule has 0 unspecified atom stereocenters. The molecule has 0 radical (unpaired) electrons. The largest absolute Gasteiger partial charge is 0.508 e. The van der Waals surface area contributed by atoms with Crippen LogP contribution in [-0.2, 0) is 0 Å². The lowest BCUT2D eigenvalue weighted by Gasteiger charge is -1.96. The second-order valence-corrected chi connectivity index (χ2v) is 3.85. The molecule has 0 aromatic heterocycles. The van der Waals surface area contributed by atoms with Crippen molar-refractivity contribution in [3.05, 3.63) is 34.9 Å². The molecule has 0 spiro atoms. The van der Waals surface area contributed by atoms with E-state index in [4.69, 9.17) is 11.6 Å². The molecule has 0 bridgehead atoms. The number of hydrogen-bond acceptors (Lipinski definition) is 1. The summed E-state index contributed by atoms with van der Waals surface area (Å²) in [6, 6.07) is 5.01. The third-order valence-corrected chi connectivity index (χ3v) is 2.17. The molecule has 0 saturated carbocycles. The van der Waals surface area contributed by atoms with E-state index in [1.165, 1.54) is 6.07 Å². The quantitative estimate of drug-likeness (QED) is 0.820. The topological polar surface area (TPSA) is 20.2 Å². The summed E-state index contributed by atoms with van der Waals surface area (Å²) >= 11 is 9.08. The van der Waals surface area contributed by atoms with Gasteiger partial charge in [0.15, 0.2) is 0 Å². The monoisotopic (exact) mass is 260 g/mol. The number of phenolic OH excluding ortho intramolecular Hbond substituents is 1. The fourth-order valence-electron chi connectivity index (χ4n) is 0.975. The normalized spacial score (nSPS) is 10.9. The molecule has 1 rings (SSSR count). The molecule has 0 saturated heterocycles. The summed E-state index contributed by atoms with van der Waals surface area (Å²) in [6.45, 7) is 0. The number of alkyl halides is 1. The van der Waals surface area contributed by atoms with Gasteiger partial charge in [0.2, 0.25) is 0 Å². The first-order chi connectivity index (χ1) is 6.22. The predicted molar refractivity (Wildman–Crippen MR) is 60.6 cm³/mol. The van der Waals surface area contributed by atoms with Crippen LogP contribution in [0.3, 0.4) is 0 Å². The van der Waals surface area contributed by atoms with Crippen LogP contribution in [0.5, 0.6) is 5.75 Å². The Kier molecular flexibility index (Phi) is 4.33. The Hall–Kier alpha value is -0.470. The van der Waals surface area contributed by atoms with Crippen LogP contribution in [0.25, 0.3) is 6.08 Å². The highest BCUT2D eigenvalue weighted by atomic mass is 79.9. The molecule has 13 heavy (non-hydrogen) atoms. The number of rotatable bonds is 3. The zero-order valence-corrected chi connectivity index (χ0v) is 9.35. The average molecular weight is 262 g/mol. The standard InChI is InChI=1S/C10H10BrClO/c11-4-2-1-3-8-5-9(12)7-10(13)6-8/h1,3,5-7,13H,2,4H2. The van der Waals surface area contributed by atoms with E-state index in [1.54, 1.807) is 6.07 Å². The maximum absolute atomic E-state index is 9.22. The van der Waals surface area contributed by atoms with Crippen LogP contribution in [0.2, 0.25) is 5.02 Å². The van der Waals surface area contributed by atoms with Crippen molar-refractivity contribution >= 4 is 33.6 Å². The van der Waals surface area contributed by atoms with Gasteiger partial charge in [0.1, 0.15) is 5.75 Å². The van der Waals surface area contributed by atoms with Crippen LogP contribution in [0.1, 0.15) is 12.0 Å². The molecular weight excluding hydrogens is 251 g/mol. The molecule has 70 valence electrons. The minimum Gasteiger partial charge on any atom is -0.508 e. The van der Waals surface area contributed by atoms with E-state index in [1.807, 2.05) is 18.2 Å². The van der Waals surface area contributed by atoms with Crippen molar-refractivity contribution in [3.8, 4) is 5.75 Å². The molecule has 1 N–H and O–H groups in total. The lowest BCUT2D eigenvalue weighted by Crippen LogP contribution is -1.73. The van der Waals surface area contributed by atoms with E-state index >= 15 is 0 Å². The Balaban J connectivity index is 2.77. The molecule has 1 nitrogen and oxygen atoms in total. The third kappa shape index (κ3) is 3.83. The Morgan fingerprint density at radius 1 is 1.38 bits per heavy atom. The first-order valence-corrected chi connectivity index (χ1v) is 5.44. The van der Waals surface area contributed by atoms with Crippen LogP contribution < -0.4 is 0 Å². The lowest BCUT2D eigenvalue weighted by atomic mass is 10.2. The van der Waals surface area contributed by atoms with Gasteiger partial charge in [-0.15, -0.1) is 0 Å². The molecule has 0 aliphatic heterocycles. The maximum atomic E-state index is 9.22. The summed E-state index contributed by atoms with van der Waals surface area (Å²) in [4.78, 5) is 0. The van der Waals surface area contributed by atoms with Gasteiger partial charge in [-0.05, 0) is 30.2 Å². The maximum Gasteiger partial charge on any atom is 0.117 e. The molecule has 0 fully saturated rings. The molecule has 1 aromatic rings. The van der Waals surface area contributed by atoms with E-state index in [-0.39, 0.29) is 5.75 Å². The highest BCUT2D eigenvalue weighted by molar-refractivity contribution is 9.09. The van der Waals surface area contributed by atoms with Crippen LogP contribution in [0.4, 0.5) is 0 Å². The molecular formula is C10H10BrClO. The Bertz CT molecular complexity index is 290. The number of phenols is 1. The number of halogens is 2. The number of aromatic hydroxyl groups is 1. The molecule has 1 aromatic carbocycles. The molecule has 0 atom stereocenters. The summed E-state index contributed by atoms with van der Waals surface area (Å²) in [6.07, 6.45) is 4.93. The Morgan fingerprint density at radius 2 is 2.15 bits per heavy atom. The Labute approximate surface area is 91.2 Å². The van der Waals surface area contributed by atoms with Crippen LogP contribution >= 0.6 is 27.5 Å². The summed E-state index contributed by atoms with van der Waals surface area (Å²) < 4.78 is 0. The second-order valence-electron chi connectivity index (χ2n) is 2.62. The van der Waals surface area contributed by atoms with Gasteiger partial charge >= 0.3 is 0 Å². The van der Waals surface area contributed by atoms with Crippen molar-refractivity contribution in [2.45, 2.75) is 6.42 Å². The van der Waals surface area contributed by atoms with Gasteiger partial charge in [0.25, 0.3) is 0 Å². The van der Waals surface area contributed by atoms with E-state index in [9.17, 15) is 5.11 Å². The second kappa shape index (κ2) is 5.30. The number of allylic oxidation sites excluding steroid dienone is 1. The third-order valence-electron chi connectivity index (χ3n) is 1.49. The highest BCUT2D eigenvalue weighted by Gasteiger charge is 1.94. The summed E-state index contributed by atoms with van der Waals surface area (Å²) in [5.41, 5.74) is 0.922. The average Bonchev–Trinajstić information content (AvgIpc) is 2.03. The van der Waals surface area contributed by atoms with E-state index < -0.39 is 0 Å². The zero-order valence-electron chi connectivity index (χ0n) is 7.00. The molecule has 3 heteroatoms. The first-order valence-electron chi connectivity index (χ1n) is 3.94. The lowest BCUT2D eigenvalue weighted by molar-refractivity contribution is 0.475. The summed E-state index contributed by atoms with van der Waals surface area (Å²) in [7, 11) is 0. The van der Waals surface area contributed by atoms with Gasteiger partial charge in [0, 0.05) is 10.4 Å². The van der Waals surface area contributed by atoms with E-state index in [0.29, 0.717) is 5.02 Å². The minimum atomic E-state index is 0.200. The molecule has 0 aliphatic carbocycles. The van der Waals surface area contributed by atoms with Crippen molar-refractivity contribution in [1.29, 1.82) is 0 Å². The molecule has 0 aliphatic rings. The van der Waals surface area contributed by atoms with E-state index in [0.717, 1.165) is 17.3 Å². The van der Waals surface area contributed by atoms with Crippen LogP contribution in [-0.4, -0.2) is 10.4 Å². The minimum absolute atomic E-state index is 0.200. The first kappa shape index (κ1) is 10.6. The van der Waals surface area contributed by atoms with Crippen molar-refractivity contribution in [3.63, 3.8) is 0 Å². The van der Waals surface area contributed by atoms with Gasteiger partial charge < -0.3 is 5.11 Å². The van der Waals surface area contributed by atoms with Gasteiger partial charge in [-0.3, -0.25) is 0 Å². The number of hydrogen-bond donors (Lipinski definition) is 1. The zero-order chi connectivity index (χ0) is 9.68. The van der Waals surface area contributed by atoms with Gasteiger partial charge in [0.05, 0.1) is 0 Å². The van der Waals surface area contributed by atoms with Gasteiger partial charge in [-0.1, -0.05) is 39.7 Å². The van der Waals surface area contributed by atoms with Gasteiger partial charge in [-0.25, -0.2) is 0 Å². The summed E-state index contributed by atoms with van der Waals surface area (Å²) in [5.74, 6) is 0.200. The predicted octanol–water partition coefficient (Wildman–Crippen LogP) is 3.84. The summed E-state index contributed by atoms with van der Waals surface area (Å²) in [5, 5.41) is 10.7. The van der Waals surface area contributed by atoms with Crippen molar-refractivity contribution in [2.75, 3.05) is 5.33 Å². The molecule has 0 heterocycles. The van der Waals surface area contributed by atoms with Crippen LogP contribution in [0, 0.1) is 0 Å². The highest BCUT2D eigenvalue weighted by Crippen LogP contribution is 2.20. The van der Waals surface area contributed by atoms with Gasteiger partial charge in [-0.2, -0.15) is 0 Å². The van der Waals surface area contributed by atoms with Crippen LogP contribution in [0.15, 0.2) is 24.3 Å². The van der Waals surface area contributed by atoms with E-state index in [2.05, 4.69) is 15.9 Å². The SMILES string of the molecule is Oc1cc(Cl)cc(C=CCCBr)c1.